The van der Waals surface area contributed by atoms with Crippen LogP contribution in [0.2, 0.25) is 0 Å². The maximum atomic E-state index is 11.7. The third kappa shape index (κ3) is 6.54. The number of amides is 1. The van der Waals surface area contributed by atoms with Crippen LogP contribution in [0, 0.1) is 6.92 Å². The fourth-order valence-electron chi connectivity index (χ4n) is 3.90. The van der Waals surface area contributed by atoms with Crippen LogP contribution in [0.15, 0.2) is 46.5 Å². The van der Waals surface area contributed by atoms with Crippen LogP contribution in [0.4, 0.5) is 23.1 Å². The van der Waals surface area contributed by atoms with Gasteiger partial charge in [-0.15, -0.1) is 0 Å². The first-order chi connectivity index (χ1) is 17.3. The Balaban J connectivity index is 1.54. The second-order valence-corrected chi connectivity index (χ2v) is 10.5. The van der Waals surface area contributed by atoms with Crippen molar-refractivity contribution in [1.29, 1.82) is 0 Å². The van der Waals surface area contributed by atoms with E-state index in [0.717, 1.165) is 48.3 Å². The normalized spacial score (nSPS) is 14.6. The highest BCUT2D eigenvalue weighted by molar-refractivity contribution is 7.99. The molecule has 2 aromatic heterocycles. The number of carbonyl (C=O) groups excluding carboxylic acids is 1. The highest BCUT2D eigenvalue weighted by atomic mass is 32.2. The molecule has 0 unspecified atom stereocenters. The number of aromatic amines is 1. The number of anilines is 4. The first-order valence-electron chi connectivity index (χ1n) is 12.1. The molecular weight excluding hydrogens is 476 g/mol. The Morgan fingerprint density at radius 2 is 1.83 bits per heavy atom. The van der Waals surface area contributed by atoms with E-state index in [9.17, 15) is 9.90 Å². The summed E-state index contributed by atoms with van der Waals surface area (Å²) in [4.78, 5) is 26.8. The van der Waals surface area contributed by atoms with E-state index < -0.39 is 0 Å². The molecular formula is C25H34N8O2S. The SMILES string of the molecule is CCC(=O)Nc1ccc(Sc2nc(Nc3cc(C)[nH]n3)cc(N3CCN(C(C)(C)CO)CC3)n2)cc1. The van der Waals surface area contributed by atoms with Crippen LogP contribution in [0.5, 0.6) is 0 Å². The van der Waals surface area contributed by atoms with Gasteiger partial charge in [-0.05, 0) is 56.8 Å². The number of aryl methyl sites for hydroxylation is 1. The number of aromatic nitrogens is 4. The van der Waals surface area contributed by atoms with Gasteiger partial charge in [-0.3, -0.25) is 14.8 Å². The van der Waals surface area contributed by atoms with Gasteiger partial charge < -0.3 is 20.6 Å². The number of nitrogens with zero attached hydrogens (tertiary/aromatic N) is 5. The molecule has 3 heterocycles. The quantitative estimate of drug-likeness (QED) is 0.320. The Kier molecular flexibility index (Phi) is 8.12. The molecule has 11 heteroatoms. The van der Waals surface area contributed by atoms with Crippen molar-refractivity contribution >= 4 is 40.8 Å². The minimum absolute atomic E-state index is 0.0155. The first kappa shape index (κ1) is 25.9. The van der Waals surface area contributed by atoms with Crippen molar-refractivity contribution in [3.63, 3.8) is 0 Å². The average molecular weight is 511 g/mol. The zero-order chi connectivity index (χ0) is 25.7. The molecule has 0 bridgehead atoms. The fraction of sp³-hybridized carbons (Fsp3) is 0.440. The highest BCUT2D eigenvalue weighted by Crippen LogP contribution is 2.30. The number of hydrogen-bond acceptors (Lipinski definition) is 9. The number of hydrogen-bond donors (Lipinski definition) is 4. The van der Waals surface area contributed by atoms with Gasteiger partial charge in [-0.1, -0.05) is 6.92 Å². The van der Waals surface area contributed by atoms with Gasteiger partial charge in [0, 0.05) is 66.5 Å². The van der Waals surface area contributed by atoms with Gasteiger partial charge in [0.15, 0.2) is 11.0 Å². The monoisotopic (exact) mass is 510 g/mol. The van der Waals surface area contributed by atoms with E-state index in [0.29, 0.717) is 23.2 Å². The Labute approximate surface area is 215 Å². The van der Waals surface area contributed by atoms with Crippen LogP contribution in [-0.4, -0.2) is 74.4 Å². The molecule has 1 saturated heterocycles. The summed E-state index contributed by atoms with van der Waals surface area (Å²) in [6.45, 7) is 11.3. The van der Waals surface area contributed by atoms with Gasteiger partial charge in [-0.2, -0.15) is 5.10 Å². The molecule has 3 aromatic rings. The number of rotatable bonds is 9. The number of aliphatic hydroxyl groups excluding tert-OH is 1. The summed E-state index contributed by atoms with van der Waals surface area (Å²) in [5, 5.41) is 23.7. The van der Waals surface area contributed by atoms with Crippen molar-refractivity contribution in [2.75, 3.05) is 48.3 Å². The van der Waals surface area contributed by atoms with Crippen LogP contribution in [-0.2, 0) is 4.79 Å². The smallest absolute Gasteiger partial charge is 0.224 e. The molecule has 1 fully saturated rings. The zero-order valence-electron chi connectivity index (χ0n) is 21.2. The lowest BCUT2D eigenvalue weighted by Crippen LogP contribution is -2.56. The molecule has 10 nitrogen and oxygen atoms in total. The third-order valence-electron chi connectivity index (χ3n) is 6.17. The predicted octanol–water partition coefficient (Wildman–Crippen LogP) is 3.64. The topological polar surface area (TPSA) is 122 Å². The predicted molar refractivity (Wildman–Crippen MR) is 143 cm³/mol. The summed E-state index contributed by atoms with van der Waals surface area (Å²) in [7, 11) is 0. The van der Waals surface area contributed by atoms with Crippen molar-refractivity contribution in [3.8, 4) is 0 Å². The van der Waals surface area contributed by atoms with E-state index in [4.69, 9.17) is 9.97 Å². The van der Waals surface area contributed by atoms with E-state index in [1.165, 1.54) is 11.8 Å². The number of aliphatic hydroxyl groups is 1. The molecule has 36 heavy (non-hydrogen) atoms. The van der Waals surface area contributed by atoms with Gasteiger partial charge in [0.2, 0.25) is 5.91 Å². The maximum absolute atomic E-state index is 11.7. The van der Waals surface area contributed by atoms with Gasteiger partial charge in [0.05, 0.1) is 6.61 Å². The number of benzene rings is 1. The Morgan fingerprint density at radius 1 is 1.11 bits per heavy atom. The fourth-order valence-corrected chi connectivity index (χ4v) is 4.67. The Bertz CT molecular complexity index is 1170. The van der Waals surface area contributed by atoms with E-state index in [-0.39, 0.29) is 18.1 Å². The van der Waals surface area contributed by atoms with Gasteiger partial charge >= 0.3 is 0 Å². The van der Waals surface area contributed by atoms with Gasteiger partial charge in [0.1, 0.15) is 11.6 Å². The lowest BCUT2D eigenvalue weighted by Gasteiger charge is -2.43. The van der Waals surface area contributed by atoms with E-state index in [2.05, 4.69) is 44.5 Å². The second-order valence-electron chi connectivity index (χ2n) is 9.43. The number of nitrogens with one attached hydrogen (secondary N) is 3. The van der Waals surface area contributed by atoms with Crippen LogP contribution in [0.3, 0.4) is 0 Å². The molecule has 0 aliphatic carbocycles. The molecule has 0 spiro atoms. The number of carbonyl (C=O) groups is 1. The Hall–Kier alpha value is -3.15. The molecule has 4 N–H and O–H groups in total. The third-order valence-corrected chi connectivity index (χ3v) is 7.04. The van der Waals surface area contributed by atoms with Crippen LogP contribution in [0.1, 0.15) is 32.9 Å². The summed E-state index contributed by atoms with van der Waals surface area (Å²) < 4.78 is 0. The summed E-state index contributed by atoms with van der Waals surface area (Å²) in [6.07, 6.45) is 0.439. The average Bonchev–Trinajstić information content (AvgIpc) is 3.29. The molecule has 192 valence electrons. The standard InChI is InChI=1S/C25H34N8O2S/c1-5-23(35)26-18-6-8-19(9-7-18)36-24-28-20(27-21-14-17(2)30-31-21)15-22(29-24)32-10-12-33(13-11-32)25(3,4)16-34/h6-9,14-15,34H,5,10-13,16H2,1-4H3,(H,26,35)(H2,27,28,29,30,31). The lowest BCUT2D eigenvalue weighted by molar-refractivity contribution is -0.115. The van der Waals surface area contributed by atoms with Gasteiger partial charge in [0.25, 0.3) is 0 Å². The summed E-state index contributed by atoms with van der Waals surface area (Å²) >= 11 is 1.46. The maximum Gasteiger partial charge on any atom is 0.224 e. The molecule has 1 amide bonds. The summed E-state index contributed by atoms with van der Waals surface area (Å²) in [5.41, 5.74) is 1.48. The van der Waals surface area contributed by atoms with Crippen LogP contribution >= 0.6 is 11.8 Å². The molecule has 4 rings (SSSR count). The molecule has 0 saturated carbocycles. The van der Waals surface area contributed by atoms with Gasteiger partial charge in [-0.25, -0.2) is 9.97 Å². The van der Waals surface area contributed by atoms with Crippen molar-refractivity contribution in [1.82, 2.24) is 25.1 Å². The summed E-state index contributed by atoms with van der Waals surface area (Å²) in [6, 6.07) is 11.5. The van der Waals surface area contributed by atoms with Crippen molar-refractivity contribution < 1.29 is 9.90 Å². The minimum Gasteiger partial charge on any atom is -0.394 e. The van der Waals surface area contributed by atoms with Crippen molar-refractivity contribution in [2.24, 2.45) is 0 Å². The molecule has 0 radical (unpaired) electrons. The highest BCUT2D eigenvalue weighted by Gasteiger charge is 2.30. The number of piperazine rings is 1. The van der Waals surface area contributed by atoms with E-state index in [1.54, 1.807) is 0 Å². The Morgan fingerprint density at radius 3 is 2.44 bits per heavy atom. The molecule has 1 aliphatic heterocycles. The van der Waals surface area contributed by atoms with Crippen molar-refractivity contribution in [3.05, 3.63) is 42.1 Å². The van der Waals surface area contributed by atoms with Crippen LogP contribution < -0.4 is 15.5 Å². The van der Waals surface area contributed by atoms with E-state index in [1.807, 2.05) is 50.2 Å². The van der Waals surface area contributed by atoms with Crippen molar-refractivity contribution in [2.45, 2.75) is 49.7 Å². The molecule has 1 aliphatic rings. The number of H-pyrrole nitrogens is 1. The second kappa shape index (κ2) is 11.3. The zero-order valence-corrected chi connectivity index (χ0v) is 22.0. The van der Waals surface area contributed by atoms with Crippen LogP contribution in [0.25, 0.3) is 0 Å². The lowest BCUT2D eigenvalue weighted by atomic mass is 10.0. The van der Waals surface area contributed by atoms with E-state index >= 15 is 0 Å². The molecule has 1 aromatic carbocycles. The largest absolute Gasteiger partial charge is 0.394 e. The summed E-state index contributed by atoms with van der Waals surface area (Å²) in [5.74, 6) is 2.19. The minimum atomic E-state index is -0.244. The molecule has 0 atom stereocenters. The first-order valence-corrected chi connectivity index (χ1v) is 12.9.